The number of likely N-dealkylation sites (tertiary alicyclic amines) is 1. The smallest absolute Gasteiger partial charge is 0.127 e. The molecule has 0 amide bonds. The largest absolute Gasteiger partial charge is 0.390 e. The SMILES string of the molecule is CN(C)c1ccc(CN2CCC3(CC2)OCCC[C@H]3O)cn1. The van der Waals surface area contributed by atoms with Crippen molar-refractivity contribution < 1.29 is 9.84 Å². The molecule has 2 fully saturated rings. The van der Waals surface area contributed by atoms with Gasteiger partial charge < -0.3 is 14.7 Å². The standard InChI is InChI=1S/C17H27N3O2/c1-19(2)16-6-5-14(12-18-16)13-20-9-7-17(8-10-20)15(21)4-3-11-22-17/h5-6,12,15,21H,3-4,7-11,13H2,1-2H3/t15-/m1/s1. The van der Waals surface area contributed by atoms with Crippen molar-refractivity contribution in [3.63, 3.8) is 0 Å². The zero-order valence-electron chi connectivity index (χ0n) is 13.7. The van der Waals surface area contributed by atoms with E-state index in [0.717, 1.165) is 57.7 Å². The first-order chi connectivity index (χ1) is 10.6. The van der Waals surface area contributed by atoms with E-state index in [1.54, 1.807) is 0 Å². The molecule has 5 heteroatoms. The summed E-state index contributed by atoms with van der Waals surface area (Å²) in [6.07, 6.45) is 5.40. The summed E-state index contributed by atoms with van der Waals surface area (Å²) >= 11 is 0. The molecule has 0 aromatic carbocycles. The van der Waals surface area contributed by atoms with Gasteiger partial charge in [-0.15, -0.1) is 0 Å². The molecule has 5 nitrogen and oxygen atoms in total. The van der Waals surface area contributed by atoms with Crippen molar-refractivity contribution in [2.75, 3.05) is 38.7 Å². The fraction of sp³-hybridized carbons (Fsp3) is 0.706. The molecule has 22 heavy (non-hydrogen) atoms. The molecule has 0 radical (unpaired) electrons. The van der Waals surface area contributed by atoms with Crippen LogP contribution in [0.3, 0.4) is 0 Å². The number of hydrogen-bond donors (Lipinski definition) is 1. The Balaban J connectivity index is 1.55. The highest BCUT2D eigenvalue weighted by molar-refractivity contribution is 5.37. The van der Waals surface area contributed by atoms with E-state index >= 15 is 0 Å². The molecule has 1 aromatic rings. The molecule has 0 saturated carbocycles. The van der Waals surface area contributed by atoms with Gasteiger partial charge >= 0.3 is 0 Å². The van der Waals surface area contributed by atoms with Crippen molar-refractivity contribution in [3.8, 4) is 0 Å². The molecular weight excluding hydrogens is 278 g/mol. The highest BCUT2D eigenvalue weighted by atomic mass is 16.5. The molecular formula is C17H27N3O2. The van der Waals surface area contributed by atoms with Crippen LogP contribution < -0.4 is 4.90 Å². The lowest BCUT2D eigenvalue weighted by atomic mass is 9.82. The molecule has 3 heterocycles. The second-order valence-corrected chi connectivity index (χ2v) is 6.77. The van der Waals surface area contributed by atoms with E-state index in [9.17, 15) is 5.11 Å². The van der Waals surface area contributed by atoms with Crippen LogP contribution in [0.4, 0.5) is 5.82 Å². The Morgan fingerprint density at radius 1 is 1.36 bits per heavy atom. The van der Waals surface area contributed by atoms with Gasteiger partial charge in [-0.1, -0.05) is 6.07 Å². The maximum absolute atomic E-state index is 10.3. The van der Waals surface area contributed by atoms with E-state index in [1.807, 2.05) is 25.2 Å². The van der Waals surface area contributed by atoms with Gasteiger partial charge in [0.15, 0.2) is 0 Å². The average Bonchev–Trinajstić information content (AvgIpc) is 2.53. The highest BCUT2D eigenvalue weighted by Gasteiger charge is 2.43. The fourth-order valence-electron chi connectivity index (χ4n) is 3.51. The highest BCUT2D eigenvalue weighted by Crippen LogP contribution is 2.35. The topological polar surface area (TPSA) is 48.8 Å². The van der Waals surface area contributed by atoms with Gasteiger partial charge in [0.2, 0.25) is 0 Å². The minimum atomic E-state index is -0.288. The van der Waals surface area contributed by atoms with E-state index in [-0.39, 0.29) is 11.7 Å². The van der Waals surface area contributed by atoms with Crippen molar-refractivity contribution in [1.29, 1.82) is 0 Å². The second-order valence-electron chi connectivity index (χ2n) is 6.77. The van der Waals surface area contributed by atoms with Crippen LogP contribution in [0.5, 0.6) is 0 Å². The van der Waals surface area contributed by atoms with Crippen LogP contribution in [0.2, 0.25) is 0 Å². The molecule has 122 valence electrons. The van der Waals surface area contributed by atoms with E-state index in [2.05, 4.69) is 22.0 Å². The number of aliphatic hydroxyl groups excluding tert-OH is 1. The maximum atomic E-state index is 10.3. The Hall–Kier alpha value is -1.17. The summed E-state index contributed by atoms with van der Waals surface area (Å²) in [6, 6.07) is 4.22. The summed E-state index contributed by atoms with van der Waals surface area (Å²) in [4.78, 5) is 8.92. The summed E-state index contributed by atoms with van der Waals surface area (Å²) in [7, 11) is 4.00. The van der Waals surface area contributed by atoms with Crippen LogP contribution in [0.1, 0.15) is 31.2 Å². The molecule has 0 aliphatic carbocycles. The first kappa shape index (κ1) is 15.7. The minimum Gasteiger partial charge on any atom is -0.390 e. The maximum Gasteiger partial charge on any atom is 0.127 e. The third-order valence-electron chi connectivity index (χ3n) is 4.99. The molecule has 1 atom stereocenters. The van der Waals surface area contributed by atoms with Gasteiger partial charge in [-0.05, 0) is 37.3 Å². The van der Waals surface area contributed by atoms with Crippen LogP contribution in [0, 0.1) is 0 Å². The van der Waals surface area contributed by atoms with Crippen molar-refractivity contribution in [2.45, 2.75) is 43.9 Å². The number of ether oxygens (including phenoxy) is 1. The number of aromatic nitrogens is 1. The van der Waals surface area contributed by atoms with Gasteiger partial charge in [0, 0.05) is 46.5 Å². The lowest BCUT2D eigenvalue weighted by Crippen LogP contribution is -2.55. The number of nitrogens with zero attached hydrogens (tertiary/aromatic N) is 3. The molecule has 0 bridgehead atoms. The third-order valence-corrected chi connectivity index (χ3v) is 4.99. The third kappa shape index (κ3) is 3.26. The van der Waals surface area contributed by atoms with Gasteiger partial charge in [0.05, 0.1) is 11.7 Å². The van der Waals surface area contributed by atoms with Crippen LogP contribution in [0.15, 0.2) is 18.3 Å². The number of piperidine rings is 1. The summed E-state index contributed by atoms with van der Waals surface area (Å²) < 4.78 is 5.96. The molecule has 2 aliphatic heterocycles. The Bertz CT molecular complexity index is 481. The second kappa shape index (κ2) is 6.52. The van der Waals surface area contributed by atoms with Crippen molar-refractivity contribution >= 4 is 5.82 Å². The van der Waals surface area contributed by atoms with Crippen LogP contribution in [-0.2, 0) is 11.3 Å². The molecule has 1 spiro atoms. The van der Waals surface area contributed by atoms with Crippen LogP contribution in [-0.4, -0.2) is 60.5 Å². The molecule has 1 N–H and O–H groups in total. The summed E-state index contributed by atoms with van der Waals surface area (Å²) in [5.74, 6) is 0.986. The number of aliphatic hydroxyl groups is 1. The Labute approximate surface area is 132 Å². The van der Waals surface area contributed by atoms with E-state index in [0.29, 0.717) is 0 Å². The fourth-order valence-corrected chi connectivity index (χ4v) is 3.51. The zero-order chi connectivity index (χ0) is 15.6. The van der Waals surface area contributed by atoms with Crippen molar-refractivity contribution in [3.05, 3.63) is 23.9 Å². The predicted molar refractivity (Wildman–Crippen MR) is 87.0 cm³/mol. The predicted octanol–water partition coefficient (Wildman–Crippen LogP) is 1.65. The van der Waals surface area contributed by atoms with Gasteiger partial charge in [0.25, 0.3) is 0 Å². The summed E-state index contributed by atoms with van der Waals surface area (Å²) in [5.41, 5.74) is 0.966. The minimum absolute atomic E-state index is 0.276. The molecule has 2 aliphatic rings. The lowest BCUT2D eigenvalue weighted by molar-refractivity contribution is -0.177. The Kier molecular flexibility index (Phi) is 4.66. The van der Waals surface area contributed by atoms with E-state index in [1.165, 1.54) is 5.56 Å². The van der Waals surface area contributed by atoms with Crippen molar-refractivity contribution in [2.24, 2.45) is 0 Å². The number of rotatable bonds is 3. The quantitative estimate of drug-likeness (QED) is 0.920. The lowest BCUT2D eigenvalue weighted by Gasteiger charge is -2.46. The van der Waals surface area contributed by atoms with E-state index in [4.69, 9.17) is 4.74 Å². The summed E-state index contributed by atoms with van der Waals surface area (Å²) in [5, 5.41) is 10.3. The number of pyridine rings is 1. The molecule has 2 saturated heterocycles. The summed E-state index contributed by atoms with van der Waals surface area (Å²) in [6.45, 7) is 3.68. The number of anilines is 1. The van der Waals surface area contributed by atoms with Crippen LogP contribution >= 0.6 is 0 Å². The zero-order valence-corrected chi connectivity index (χ0v) is 13.7. The Morgan fingerprint density at radius 2 is 2.14 bits per heavy atom. The van der Waals surface area contributed by atoms with Gasteiger partial charge in [0.1, 0.15) is 5.82 Å². The average molecular weight is 305 g/mol. The normalized spacial score (nSPS) is 25.3. The monoisotopic (exact) mass is 305 g/mol. The molecule has 0 unspecified atom stereocenters. The van der Waals surface area contributed by atoms with Gasteiger partial charge in [-0.3, -0.25) is 4.90 Å². The van der Waals surface area contributed by atoms with Gasteiger partial charge in [-0.2, -0.15) is 0 Å². The first-order valence-corrected chi connectivity index (χ1v) is 8.26. The van der Waals surface area contributed by atoms with E-state index < -0.39 is 0 Å². The van der Waals surface area contributed by atoms with Crippen molar-refractivity contribution in [1.82, 2.24) is 9.88 Å². The molecule has 3 rings (SSSR count). The molecule has 1 aromatic heterocycles. The Morgan fingerprint density at radius 3 is 2.73 bits per heavy atom. The number of hydrogen-bond acceptors (Lipinski definition) is 5. The first-order valence-electron chi connectivity index (χ1n) is 8.26. The van der Waals surface area contributed by atoms with Gasteiger partial charge in [-0.25, -0.2) is 4.98 Å². The van der Waals surface area contributed by atoms with Crippen LogP contribution in [0.25, 0.3) is 0 Å².